The normalized spacial score (nSPS) is 10.8. The lowest BCUT2D eigenvalue weighted by Crippen LogP contribution is -2.19. The van der Waals surface area contributed by atoms with Crippen LogP contribution in [0.4, 0.5) is 0 Å². The molecule has 2 aromatic heterocycles. The summed E-state index contributed by atoms with van der Waals surface area (Å²) in [5, 5.41) is 0.643. The molecule has 0 spiro atoms. The molecule has 1 aromatic carbocycles. The van der Waals surface area contributed by atoms with Gasteiger partial charge in [0.25, 0.3) is 0 Å². The number of rotatable bonds is 3. The van der Waals surface area contributed by atoms with E-state index in [1.807, 2.05) is 18.2 Å². The number of hydrogen-bond donors (Lipinski definition) is 1. The van der Waals surface area contributed by atoms with E-state index in [1.54, 1.807) is 29.0 Å². The minimum absolute atomic E-state index is 0.0557. The summed E-state index contributed by atoms with van der Waals surface area (Å²) in [6, 6.07) is 10.9. The maximum absolute atomic E-state index is 11.3. The average Bonchev–Trinajstić information content (AvgIpc) is 2.78. The number of hydrogen-bond acceptors (Lipinski definition) is 3. The monoisotopic (exact) mass is 286 g/mol. The van der Waals surface area contributed by atoms with Crippen molar-refractivity contribution in [3.05, 3.63) is 47.6 Å². The zero-order valence-electron chi connectivity index (χ0n) is 10.5. The molecule has 0 aliphatic carbocycles. The van der Waals surface area contributed by atoms with Crippen molar-refractivity contribution in [1.82, 2.24) is 14.5 Å². The van der Waals surface area contributed by atoms with Crippen molar-refractivity contribution in [2.45, 2.75) is 6.54 Å². The molecule has 0 bridgehead atoms. The summed E-state index contributed by atoms with van der Waals surface area (Å²) in [5.41, 5.74) is 7.53. The molecule has 0 saturated heterocycles. The molecule has 0 fully saturated rings. The van der Waals surface area contributed by atoms with Crippen molar-refractivity contribution < 1.29 is 4.79 Å². The number of nitrogens with two attached hydrogens (primary N) is 1. The second-order valence-corrected chi connectivity index (χ2v) is 4.78. The molecule has 3 rings (SSSR count). The van der Waals surface area contributed by atoms with Crippen molar-refractivity contribution in [2.24, 2.45) is 5.73 Å². The van der Waals surface area contributed by atoms with Crippen LogP contribution in [0.5, 0.6) is 0 Å². The molecule has 20 heavy (non-hydrogen) atoms. The Morgan fingerprint density at radius 2 is 2.00 bits per heavy atom. The van der Waals surface area contributed by atoms with Gasteiger partial charge in [0, 0.05) is 16.8 Å². The van der Waals surface area contributed by atoms with Crippen LogP contribution in [0, 0.1) is 0 Å². The average molecular weight is 287 g/mol. The Morgan fingerprint density at radius 3 is 2.70 bits per heavy atom. The lowest BCUT2D eigenvalue weighted by Gasteiger charge is -2.06. The van der Waals surface area contributed by atoms with Gasteiger partial charge in [-0.2, -0.15) is 0 Å². The molecule has 0 radical (unpaired) electrons. The molecule has 0 aliphatic rings. The smallest absolute Gasteiger partial charge is 0.237 e. The Hall–Kier alpha value is -2.40. The van der Waals surface area contributed by atoms with Crippen LogP contribution >= 0.6 is 11.6 Å². The SMILES string of the molecule is NC(=O)Cn1c(-c2ccc(Cl)cc2)nc2ncccc21. The number of primary amides is 1. The van der Waals surface area contributed by atoms with Gasteiger partial charge in [0.15, 0.2) is 5.65 Å². The molecule has 0 atom stereocenters. The molecule has 2 N–H and O–H groups in total. The van der Waals surface area contributed by atoms with Gasteiger partial charge in [-0.25, -0.2) is 9.97 Å². The van der Waals surface area contributed by atoms with Gasteiger partial charge in [0.2, 0.25) is 5.91 Å². The summed E-state index contributed by atoms with van der Waals surface area (Å²) in [6.07, 6.45) is 1.66. The highest BCUT2D eigenvalue weighted by atomic mass is 35.5. The number of aromatic nitrogens is 3. The van der Waals surface area contributed by atoms with Crippen LogP contribution in [0.25, 0.3) is 22.6 Å². The van der Waals surface area contributed by atoms with Crippen LogP contribution in [-0.4, -0.2) is 20.4 Å². The topological polar surface area (TPSA) is 73.8 Å². The predicted octanol–water partition coefficient (Wildman–Crippen LogP) is 2.24. The van der Waals surface area contributed by atoms with Crippen molar-refractivity contribution in [2.75, 3.05) is 0 Å². The summed E-state index contributed by atoms with van der Waals surface area (Å²) in [6.45, 7) is 0.0557. The molecular formula is C14H11ClN4O. The van der Waals surface area contributed by atoms with E-state index in [2.05, 4.69) is 9.97 Å². The molecule has 0 saturated carbocycles. The van der Waals surface area contributed by atoms with Crippen LogP contribution in [-0.2, 0) is 11.3 Å². The zero-order chi connectivity index (χ0) is 14.1. The van der Waals surface area contributed by atoms with Gasteiger partial charge < -0.3 is 10.3 Å². The highest BCUT2D eigenvalue weighted by Gasteiger charge is 2.14. The fourth-order valence-corrected chi connectivity index (χ4v) is 2.22. The number of halogens is 1. The van der Waals surface area contributed by atoms with Crippen LogP contribution in [0.2, 0.25) is 5.02 Å². The third-order valence-corrected chi connectivity index (χ3v) is 3.19. The number of imidazole rings is 1. The second-order valence-electron chi connectivity index (χ2n) is 4.34. The van der Waals surface area contributed by atoms with Crippen LogP contribution in [0.3, 0.4) is 0 Å². The van der Waals surface area contributed by atoms with Crippen molar-refractivity contribution in [1.29, 1.82) is 0 Å². The second kappa shape index (κ2) is 4.94. The van der Waals surface area contributed by atoms with Crippen LogP contribution < -0.4 is 5.73 Å². The Labute approximate surface area is 120 Å². The van der Waals surface area contributed by atoms with Gasteiger partial charge in [0.05, 0.1) is 5.52 Å². The van der Waals surface area contributed by atoms with E-state index in [1.165, 1.54) is 0 Å². The molecule has 6 heteroatoms. The first-order valence-electron chi connectivity index (χ1n) is 6.00. The standard InChI is InChI=1S/C14H11ClN4O/c15-10-5-3-9(4-6-10)14-18-13-11(2-1-7-17-13)19(14)8-12(16)20/h1-7H,8H2,(H2,16,20). The molecule has 3 aromatic rings. The van der Waals surface area contributed by atoms with Crippen molar-refractivity contribution in [3.8, 4) is 11.4 Å². The predicted molar refractivity (Wildman–Crippen MR) is 77.2 cm³/mol. The first-order chi connectivity index (χ1) is 9.65. The minimum atomic E-state index is -0.427. The quantitative estimate of drug-likeness (QED) is 0.802. The van der Waals surface area contributed by atoms with E-state index in [-0.39, 0.29) is 6.54 Å². The van der Waals surface area contributed by atoms with Gasteiger partial charge in [-0.15, -0.1) is 0 Å². The van der Waals surface area contributed by atoms with E-state index in [4.69, 9.17) is 17.3 Å². The highest BCUT2D eigenvalue weighted by Crippen LogP contribution is 2.24. The Kier molecular flexibility index (Phi) is 3.12. The highest BCUT2D eigenvalue weighted by molar-refractivity contribution is 6.30. The van der Waals surface area contributed by atoms with E-state index < -0.39 is 5.91 Å². The number of carbonyl (C=O) groups excluding carboxylic acids is 1. The maximum Gasteiger partial charge on any atom is 0.237 e. The van der Waals surface area contributed by atoms with Gasteiger partial charge in [-0.1, -0.05) is 11.6 Å². The largest absolute Gasteiger partial charge is 0.368 e. The number of carbonyl (C=O) groups is 1. The van der Waals surface area contributed by atoms with Gasteiger partial charge in [0.1, 0.15) is 12.4 Å². The third-order valence-electron chi connectivity index (χ3n) is 2.94. The van der Waals surface area contributed by atoms with E-state index >= 15 is 0 Å². The minimum Gasteiger partial charge on any atom is -0.368 e. The van der Waals surface area contributed by atoms with Gasteiger partial charge in [-0.3, -0.25) is 4.79 Å². The van der Waals surface area contributed by atoms with Crippen LogP contribution in [0.1, 0.15) is 0 Å². The Bertz CT molecular complexity index is 779. The first kappa shape index (κ1) is 12.6. The third kappa shape index (κ3) is 2.23. The summed E-state index contributed by atoms with van der Waals surface area (Å²) in [5.74, 6) is 0.220. The summed E-state index contributed by atoms with van der Waals surface area (Å²) in [4.78, 5) is 19.9. The lowest BCUT2D eigenvalue weighted by atomic mass is 10.2. The number of nitrogens with zero attached hydrogens (tertiary/aromatic N) is 3. The zero-order valence-corrected chi connectivity index (χ0v) is 11.2. The van der Waals surface area contributed by atoms with Crippen LogP contribution in [0.15, 0.2) is 42.6 Å². The number of amides is 1. The van der Waals surface area contributed by atoms with Crippen molar-refractivity contribution >= 4 is 28.7 Å². The molecule has 0 unspecified atom stereocenters. The summed E-state index contributed by atoms with van der Waals surface area (Å²) in [7, 11) is 0. The molecule has 5 nitrogen and oxygen atoms in total. The molecule has 2 heterocycles. The maximum atomic E-state index is 11.3. The Morgan fingerprint density at radius 1 is 1.25 bits per heavy atom. The van der Waals surface area contributed by atoms with Gasteiger partial charge in [-0.05, 0) is 36.4 Å². The Balaban J connectivity index is 2.23. The summed E-state index contributed by atoms with van der Waals surface area (Å²) >= 11 is 5.89. The van der Waals surface area contributed by atoms with E-state index in [0.717, 1.165) is 11.1 Å². The van der Waals surface area contributed by atoms with E-state index in [9.17, 15) is 4.79 Å². The molecule has 0 aliphatic heterocycles. The van der Waals surface area contributed by atoms with Gasteiger partial charge >= 0.3 is 0 Å². The number of benzene rings is 1. The summed E-state index contributed by atoms with van der Waals surface area (Å²) < 4.78 is 1.76. The number of fused-ring (bicyclic) bond motifs is 1. The first-order valence-corrected chi connectivity index (χ1v) is 6.38. The van der Waals surface area contributed by atoms with E-state index in [0.29, 0.717) is 16.5 Å². The molecular weight excluding hydrogens is 276 g/mol. The fourth-order valence-electron chi connectivity index (χ4n) is 2.10. The molecule has 100 valence electrons. The fraction of sp³-hybridized carbons (Fsp3) is 0.0714. The molecule has 1 amide bonds. The van der Waals surface area contributed by atoms with Crippen molar-refractivity contribution in [3.63, 3.8) is 0 Å². The lowest BCUT2D eigenvalue weighted by molar-refractivity contribution is -0.118. The number of pyridine rings is 1.